The predicted molar refractivity (Wildman–Crippen MR) is 159 cm³/mol. The number of cyclic esters (lactones) is 1. The van der Waals surface area contributed by atoms with E-state index in [1.807, 2.05) is 52.8 Å². The van der Waals surface area contributed by atoms with Gasteiger partial charge >= 0.3 is 5.97 Å². The number of rotatable bonds is 7. The van der Waals surface area contributed by atoms with E-state index >= 15 is 0 Å². The number of aliphatic hydroxyl groups is 2. The van der Waals surface area contributed by atoms with Gasteiger partial charge in [-0.25, -0.2) is 0 Å². The third-order valence-corrected chi connectivity index (χ3v) is 9.45. The quantitative estimate of drug-likeness (QED) is 0.195. The first-order valence-corrected chi connectivity index (χ1v) is 15.2. The molecule has 2 heterocycles. The number of aldehydes is 1. The van der Waals surface area contributed by atoms with Gasteiger partial charge in [0, 0.05) is 31.4 Å². The molecule has 2 N–H and O–H groups in total. The van der Waals surface area contributed by atoms with Crippen molar-refractivity contribution >= 4 is 18.0 Å². The molecule has 0 radical (unpaired) electrons. The maximum absolute atomic E-state index is 13.9. The summed E-state index contributed by atoms with van der Waals surface area (Å²) in [6, 6.07) is -0.219. The van der Waals surface area contributed by atoms with Crippen LogP contribution in [0.5, 0.6) is 0 Å². The van der Waals surface area contributed by atoms with Crippen molar-refractivity contribution in [1.29, 1.82) is 0 Å². The lowest BCUT2D eigenvalue weighted by molar-refractivity contribution is -0.295. The van der Waals surface area contributed by atoms with Crippen molar-refractivity contribution in [2.24, 2.45) is 23.7 Å². The number of carbonyl (C=O) groups is 3. The molecule has 0 unspecified atom stereocenters. The van der Waals surface area contributed by atoms with Gasteiger partial charge in [-0.2, -0.15) is 0 Å². The van der Waals surface area contributed by atoms with Gasteiger partial charge in [-0.05, 0) is 73.9 Å². The fraction of sp³-hybridized carbons (Fsp3) is 0.844. The second-order valence-corrected chi connectivity index (χ2v) is 13.2. The molecule has 2 aliphatic heterocycles. The van der Waals surface area contributed by atoms with Crippen LogP contribution >= 0.6 is 0 Å². The first kappa shape index (κ1) is 36.5. The molecule has 0 aromatic heterocycles. The zero-order chi connectivity index (χ0) is 32.2. The van der Waals surface area contributed by atoms with Crippen LogP contribution in [0.15, 0.2) is 11.6 Å². The highest BCUT2D eigenvalue weighted by atomic mass is 16.7. The van der Waals surface area contributed by atoms with Crippen molar-refractivity contribution < 1.29 is 43.5 Å². The number of methoxy groups -OCH3 is 1. The predicted octanol–water partition coefficient (Wildman–Crippen LogP) is 3.31. The van der Waals surface area contributed by atoms with E-state index < -0.39 is 65.3 Å². The first-order valence-electron chi connectivity index (χ1n) is 15.2. The van der Waals surface area contributed by atoms with Gasteiger partial charge in [-0.15, -0.1) is 0 Å². The van der Waals surface area contributed by atoms with Crippen LogP contribution in [-0.2, 0) is 33.3 Å². The molecule has 10 heteroatoms. The monoisotopic (exact) mass is 597 g/mol. The summed E-state index contributed by atoms with van der Waals surface area (Å²) in [5.41, 5.74) is -1.81. The Labute approximate surface area is 252 Å². The number of hydrogen-bond donors (Lipinski definition) is 2. The Hall–Kier alpha value is -1.69. The zero-order valence-corrected chi connectivity index (χ0v) is 27.5. The van der Waals surface area contributed by atoms with E-state index in [4.69, 9.17) is 18.9 Å². The number of allylic oxidation sites excluding steroid dienone is 1. The molecule has 12 atom stereocenters. The van der Waals surface area contributed by atoms with Gasteiger partial charge < -0.3 is 38.9 Å². The smallest absolute Gasteiger partial charge is 0.316 e. The number of hydrogen-bond acceptors (Lipinski definition) is 10. The van der Waals surface area contributed by atoms with Crippen LogP contribution in [0, 0.1) is 23.7 Å². The SMILES string of the molecule is CC[C@H]1OC(=O)[C@H](C)C(=O)[C@H](C)[C@@H](O[C@@H]2O[C@H](C)C[C@H](N(C)C)[C@H]2O)[C@](C)(OC)C[C@@H](C)C=C(C)[C@@H](CC=O)[C@]1(C)O. The van der Waals surface area contributed by atoms with Gasteiger partial charge in [0.25, 0.3) is 0 Å². The Morgan fingerprint density at radius 3 is 2.31 bits per heavy atom. The molecule has 242 valence electrons. The van der Waals surface area contributed by atoms with Gasteiger partial charge in [0.15, 0.2) is 12.1 Å². The average molecular weight is 598 g/mol. The first-order chi connectivity index (χ1) is 19.4. The summed E-state index contributed by atoms with van der Waals surface area (Å²) in [6.45, 7) is 14.2. The van der Waals surface area contributed by atoms with Crippen molar-refractivity contribution in [3.63, 3.8) is 0 Å². The highest BCUT2D eigenvalue weighted by Gasteiger charge is 2.50. The fourth-order valence-electron chi connectivity index (χ4n) is 6.89. The molecule has 0 spiro atoms. The summed E-state index contributed by atoms with van der Waals surface area (Å²) >= 11 is 0. The summed E-state index contributed by atoms with van der Waals surface area (Å²) in [5, 5.41) is 22.9. The summed E-state index contributed by atoms with van der Waals surface area (Å²) in [6.07, 6.45) is 0.0636. The molecule has 0 aromatic rings. The third kappa shape index (κ3) is 8.07. The van der Waals surface area contributed by atoms with Gasteiger partial charge in [-0.3, -0.25) is 9.59 Å². The maximum atomic E-state index is 13.9. The molecule has 0 aromatic carbocycles. The molecule has 2 rings (SSSR count). The van der Waals surface area contributed by atoms with Gasteiger partial charge in [0.2, 0.25) is 0 Å². The third-order valence-electron chi connectivity index (χ3n) is 9.45. The zero-order valence-electron chi connectivity index (χ0n) is 27.5. The van der Waals surface area contributed by atoms with Crippen LogP contribution in [0.1, 0.15) is 81.1 Å². The number of ether oxygens (including phenoxy) is 4. The van der Waals surface area contributed by atoms with E-state index in [-0.39, 0.29) is 24.5 Å². The molecule has 1 saturated heterocycles. The molecular formula is C32H55NO9. The molecule has 10 nitrogen and oxygen atoms in total. The maximum Gasteiger partial charge on any atom is 0.316 e. The van der Waals surface area contributed by atoms with E-state index in [1.54, 1.807) is 27.9 Å². The van der Waals surface area contributed by atoms with Crippen molar-refractivity contribution in [2.75, 3.05) is 21.2 Å². The van der Waals surface area contributed by atoms with Crippen molar-refractivity contribution in [3.05, 3.63) is 11.6 Å². The average Bonchev–Trinajstić information content (AvgIpc) is 2.92. The highest BCUT2D eigenvalue weighted by molar-refractivity contribution is 6.00. The Morgan fingerprint density at radius 1 is 1.17 bits per heavy atom. The Balaban J connectivity index is 2.65. The Kier molecular flexibility index (Phi) is 12.9. The minimum atomic E-state index is -1.55. The van der Waals surface area contributed by atoms with E-state index in [1.165, 1.54) is 6.92 Å². The van der Waals surface area contributed by atoms with Crippen LogP contribution in [0.3, 0.4) is 0 Å². The lowest BCUT2D eigenvalue weighted by Gasteiger charge is -2.46. The number of ketones is 1. The molecule has 1 fully saturated rings. The number of Topliss-reactive ketones (excluding diaryl/α,β-unsaturated/α-hetero) is 1. The molecule has 42 heavy (non-hydrogen) atoms. The molecule has 2 aliphatic rings. The number of aliphatic hydroxyl groups excluding tert-OH is 1. The molecule has 0 bridgehead atoms. The summed E-state index contributed by atoms with van der Waals surface area (Å²) in [7, 11) is 5.32. The van der Waals surface area contributed by atoms with Crippen LogP contribution in [0.25, 0.3) is 0 Å². The number of nitrogens with zero attached hydrogens (tertiary/aromatic N) is 1. The number of esters is 1. The van der Waals surface area contributed by atoms with E-state index in [2.05, 4.69) is 0 Å². The van der Waals surface area contributed by atoms with Crippen LogP contribution < -0.4 is 0 Å². The standard InChI is InChI=1S/C32H55NO9/c1-12-25-32(8,38)23(13-14-34)19(3)15-18(2)17-31(7,39-11)28(21(5)26(35)22(6)29(37)41-25)42-30-27(36)24(33(9)10)16-20(4)40-30/h14-15,18,20-25,27-28,30,36,38H,12-13,16-17H2,1-11H3/t18-,20+,21-,22+,23+,24-,25+,27+,28+,30-,31+,32-/m0/s1. The van der Waals surface area contributed by atoms with E-state index in [0.717, 1.165) is 11.9 Å². The molecule has 0 aliphatic carbocycles. The second-order valence-electron chi connectivity index (χ2n) is 13.2. The molecule has 0 amide bonds. The fourth-order valence-corrected chi connectivity index (χ4v) is 6.89. The topological polar surface area (TPSA) is 132 Å². The molecular weight excluding hydrogens is 542 g/mol. The minimum absolute atomic E-state index is 0.0387. The van der Waals surface area contributed by atoms with Crippen molar-refractivity contribution in [1.82, 2.24) is 4.90 Å². The van der Waals surface area contributed by atoms with Crippen LogP contribution in [-0.4, -0.2) is 102 Å². The Morgan fingerprint density at radius 2 is 1.79 bits per heavy atom. The lowest BCUT2D eigenvalue weighted by Crippen LogP contribution is -2.59. The van der Waals surface area contributed by atoms with E-state index in [0.29, 0.717) is 19.3 Å². The normalized spacial score (nSPS) is 43.0. The number of carbonyl (C=O) groups excluding carboxylic acids is 3. The van der Waals surface area contributed by atoms with Gasteiger partial charge in [0.05, 0.1) is 17.8 Å². The number of likely N-dealkylation sites (N-methyl/N-ethyl adjacent to an activating group) is 1. The summed E-state index contributed by atoms with van der Waals surface area (Å²) in [4.78, 5) is 40.9. The summed E-state index contributed by atoms with van der Waals surface area (Å²) in [5.74, 6) is -3.91. The van der Waals surface area contributed by atoms with Crippen molar-refractivity contribution in [3.8, 4) is 0 Å². The summed E-state index contributed by atoms with van der Waals surface area (Å²) < 4.78 is 24.5. The van der Waals surface area contributed by atoms with Crippen LogP contribution in [0.2, 0.25) is 0 Å². The lowest BCUT2D eigenvalue weighted by atomic mass is 9.74. The highest BCUT2D eigenvalue weighted by Crippen LogP contribution is 2.39. The Bertz CT molecular complexity index is 966. The largest absolute Gasteiger partial charge is 0.459 e. The van der Waals surface area contributed by atoms with E-state index in [9.17, 15) is 24.6 Å². The molecule has 0 saturated carbocycles. The van der Waals surface area contributed by atoms with Gasteiger partial charge in [0.1, 0.15) is 30.0 Å². The van der Waals surface area contributed by atoms with Gasteiger partial charge in [-0.1, -0.05) is 32.4 Å². The second kappa shape index (κ2) is 14.9. The van der Waals surface area contributed by atoms with Crippen LogP contribution in [0.4, 0.5) is 0 Å². The van der Waals surface area contributed by atoms with Crippen molar-refractivity contribution in [2.45, 2.75) is 129 Å². The minimum Gasteiger partial charge on any atom is -0.459 e.